The van der Waals surface area contributed by atoms with Gasteiger partial charge in [-0.1, -0.05) is 35.3 Å². The zero-order valence-electron chi connectivity index (χ0n) is 21.8. The smallest absolute Gasteiger partial charge is 0.316 e. The Balaban J connectivity index is 1.25. The van der Waals surface area contributed by atoms with Gasteiger partial charge in [0.05, 0.1) is 24.3 Å². The van der Waals surface area contributed by atoms with Crippen LogP contribution in [0.4, 0.5) is 0 Å². The molecule has 1 N–H and O–H groups in total. The van der Waals surface area contributed by atoms with Gasteiger partial charge < -0.3 is 19.5 Å². The van der Waals surface area contributed by atoms with Crippen LogP contribution in [0, 0.1) is 12.8 Å². The lowest BCUT2D eigenvalue weighted by Crippen LogP contribution is -2.41. The van der Waals surface area contributed by atoms with Gasteiger partial charge in [0.25, 0.3) is 5.91 Å². The van der Waals surface area contributed by atoms with Crippen LogP contribution in [0.2, 0.25) is 10.0 Å². The number of hydrogen-bond donors (Lipinski definition) is 1. The summed E-state index contributed by atoms with van der Waals surface area (Å²) < 4.78 is 16.4. The maximum atomic E-state index is 12.4. The van der Waals surface area contributed by atoms with Crippen molar-refractivity contribution in [2.75, 3.05) is 40.5 Å². The Hall–Kier alpha value is -3.07. The van der Waals surface area contributed by atoms with Crippen LogP contribution < -0.4 is 19.5 Å². The summed E-state index contributed by atoms with van der Waals surface area (Å²) in [5.41, 5.74) is 3.56. The number of hydrogen-bond acceptors (Lipinski definition) is 7. The Morgan fingerprint density at radius 1 is 1.11 bits per heavy atom. The highest BCUT2D eigenvalue weighted by atomic mass is 35.5. The molecule has 10 heteroatoms. The molecule has 4 rings (SSSR count). The van der Waals surface area contributed by atoms with Crippen molar-refractivity contribution in [3.8, 4) is 28.6 Å². The van der Waals surface area contributed by atoms with Crippen molar-refractivity contribution in [3.05, 3.63) is 63.9 Å². The molecule has 0 aliphatic carbocycles. The third-order valence-electron chi connectivity index (χ3n) is 6.66. The van der Waals surface area contributed by atoms with Crippen molar-refractivity contribution in [2.45, 2.75) is 26.3 Å². The predicted octanol–water partition coefficient (Wildman–Crippen LogP) is 5.18. The van der Waals surface area contributed by atoms with Gasteiger partial charge in [0.1, 0.15) is 11.5 Å². The molecule has 1 fully saturated rings. The minimum atomic E-state index is -0.208. The van der Waals surface area contributed by atoms with Crippen molar-refractivity contribution >= 4 is 29.1 Å². The molecule has 0 spiro atoms. The summed E-state index contributed by atoms with van der Waals surface area (Å²) in [7, 11) is 3.23. The minimum absolute atomic E-state index is 0.136. The number of methoxy groups -OCH3 is 2. The number of rotatable bonds is 10. The minimum Gasteiger partial charge on any atom is -0.496 e. The monoisotopic (exact) mass is 558 g/mol. The molecule has 2 aromatic carbocycles. The Labute approximate surface area is 233 Å². The van der Waals surface area contributed by atoms with Crippen LogP contribution >= 0.6 is 23.2 Å². The highest BCUT2D eigenvalue weighted by Gasteiger charge is 2.21. The number of benzene rings is 2. The van der Waals surface area contributed by atoms with E-state index in [-0.39, 0.29) is 18.5 Å². The molecule has 3 aromatic rings. The number of carbonyl (C=O) groups is 1. The van der Waals surface area contributed by atoms with E-state index in [2.05, 4.69) is 20.2 Å². The zero-order chi connectivity index (χ0) is 27.1. The summed E-state index contributed by atoms with van der Waals surface area (Å²) in [6.45, 7) is 4.97. The fraction of sp³-hybridized carbons (Fsp3) is 0.393. The van der Waals surface area contributed by atoms with Gasteiger partial charge in [-0.3, -0.25) is 9.69 Å². The fourth-order valence-corrected chi connectivity index (χ4v) is 4.98. The van der Waals surface area contributed by atoms with Crippen molar-refractivity contribution in [3.63, 3.8) is 0 Å². The molecule has 1 atom stereocenters. The molecule has 0 radical (unpaired) electrons. The van der Waals surface area contributed by atoms with E-state index in [9.17, 15) is 4.79 Å². The summed E-state index contributed by atoms with van der Waals surface area (Å²) in [5, 5.41) is 4.15. The van der Waals surface area contributed by atoms with Crippen molar-refractivity contribution in [2.24, 2.45) is 5.92 Å². The van der Waals surface area contributed by atoms with E-state index >= 15 is 0 Å². The predicted molar refractivity (Wildman–Crippen MR) is 148 cm³/mol. The standard InChI is InChI=1S/C28H32Cl2N4O4/c1-18-24(36-2)10-21(11-25(18)37-3)22-13-32-28(33-14-22)38-17-26(35)31-12-19-6-5-9-34(15-19)16-20-7-4-8-23(29)27(20)30/h4,7-8,10-11,13-14,19H,5-6,9,12,15-17H2,1-3H3,(H,31,35). The van der Waals surface area contributed by atoms with E-state index < -0.39 is 0 Å². The lowest BCUT2D eigenvalue weighted by molar-refractivity contribution is -0.123. The van der Waals surface area contributed by atoms with Crippen LogP contribution in [0.25, 0.3) is 11.1 Å². The van der Waals surface area contributed by atoms with Gasteiger partial charge in [0.2, 0.25) is 0 Å². The molecule has 8 nitrogen and oxygen atoms in total. The van der Waals surface area contributed by atoms with E-state index in [0.717, 1.165) is 54.7 Å². The first kappa shape index (κ1) is 28.0. The number of ether oxygens (including phenoxy) is 3. The third kappa shape index (κ3) is 7.07. The fourth-order valence-electron chi connectivity index (χ4n) is 4.60. The molecular formula is C28H32Cl2N4O4. The van der Waals surface area contributed by atoms with E-state index in [1.54, 1.807) is 32.7 Å². The molecule has 1 aliphatic heterocycles. The molecule has 2 heterocycles. The Morgan fingerprint density at radius 3 is 2.50 bits per heavy atom. The molecule has 1 unspecified atom stereocenters. The second kappa shape index (κ2) is 13.1. The summed E-state index contributed by atoms with van der Waals surface area (Å²) in [5.74, 6) is 1.57. The molecule has 0 saturated carbocycles. The molecule has 1 saturated heterocycles. The molecule has 1 aromatic heterocycles. The average Bonchev–Trinajstić information content (AvgIpc) is 2.94. The van der Waals surface area contributed by atoms with Crippen molar-refractivity contribution in [1.29, 1.82) is 0 Å². The van der Waals surface area contributed by atoms with Crippen LogP contribution in [-0.2, 0) is 11.3 Å². The first-order valence-electron chi connectivity index (χ1n) is 12.5. The van der Waals surface area contributed by atoms with Gasteiger partial charge in [-0.25, -0.2) is 9.97 Å². The van der Waals surface area contributed by atoms with Gasteiger partial charge >= 0.3 is 6.01 Å². The number of halogens is 2. The molecule has 1 aliphatic rings. The van der Waals surface area contributed by atoms with E-state index in [4.69, 9.17) is 37.4 Å². The topological polar surface area (TPSA) is 85.8 Å². The lowest BCUT2D eigenvalue weighted by atomic mass is 9.97. The third-order valence-corrected chi connectivity index (χ3v) is 7.52. The van der Waals surface area contributed by atoms with E-state index in [1.165, 1.54) is 0 Å². The van der Waals surface area contributed by atoms with Gasteiger partial charge in [-0.15, -0.1) is 0 Å². The number of nitrogens with zero attached hydrogens (tertiary/aromatic N) is 3. The highest BCUT2D eigenvalue weighted by molar-refractivity contribution is 6.42. The normalized spacial score (nSPS) is 15.7. The van der Waals surface area contributed by atoms with Crippen molar-refractivity contribution < 1.29 is 19.0 Å². The second-order valence-electron chi connectivity index (χ2n) is 9.31. The zero-order valence-corrected chi connectivity index (χ0v) is 23.3. The molecule has 1 amide bonds. The number of piperidine rings is 1. The van der Waals surface area contributed by atoms with Gasteiger partial charge in [0, 0.05) is 43.2 Å². The number of nitrogens with one attached hydrogen (secondary N) is 1. The van der Waals surface area contributed by atoms with Crippen LogP contribution in [0.1, 0.15) is 24.0 Å². The highest BCUT2D eigenvalue weighted by Crippen LogP contribution is 2.34. The van der Waals surface area contributed by atoms with Gasteiger partial charge in [0.15, 0.2) is 6.61 Å². The largest absolute Gasteiger partial charge is 0.496 e. The molecule has 202 valence electrons. The van der Waals surface area contributed by atoms with Crippen LogP contribution in [0.3, 0.4) is 0 Å². The Bertz CT molecular complexity index is 1230. The number of aromatic nitrogens is 2. The summed E-state index contributed by atoms with van der Waals surface area (Å²) in [6, 6.07) is 9.65. The summed E-state index contributed by atoms with van der Waals surface area (Å²) in [6.07, 6.45) is 5.41. The van der Waals surface area contributed by atoms with E-state index in [1.807, 2.05) is 31.2 Å². The summed E-state index contributed by atoms with van der Waals surface area (Å²) >= 11 is 12.5. The number of carbonyl (C=O) groups excluding carboxylic acids is 1. The second-order valence-corrected chi connectivity index (χ2v) is 10.1. The quantitative estimate of drug-likeness (QED) is 0.366. The molecule has 38 heavy (non-hydrogen) atoms. The molecular weight excluding hydrogens is 527 g/mol. The lowest BCUT2D eigenvalue weighted by Gasteiger charge is -2.33. The SMILES string of the molecule is COc1cc(-c2cnc(OCC(=O)NCC3CCCN(Cc4cccc(Cl)c4Cl)C3)nc2)cc(OC)c1C. The van der Waals surface area contributed by atoms with Crippen LogP contribution in [0.5, 0.6) is 17.5 Å². The average molecular weight is 559 g/mol. The maximum Gasteiger partial charge on any atom is 0.316 e. The van der Waals surface area contributed by atoms with Crippen LogP contribution in [0.15, 0.2) is 42.7 Å². The van der Waals surface area contributed by atoms with Gasteiger partial charge in [-0.2, -0.15) is 0 Å². The first-order valence-corrected chi connectivity index (χ1v) is 13.2. The first-order chi connectivity index (χ1) is 18.4. The summed E-state index contributed by atoms with van der Waals surface area (Å²) in [4.78, 5) is 23.3. The van der Waals surface area contributed by atoms with E-state index in [0.29, 0.717) is 34.0 Å². The van der Waals surface area contributed by atoms with Crippen LogP contribution in [-0.4, -0.2) is 61.2 Å². The Morgan fingerprint density at radius 2 is 1.82 bits per heavy atom. The number of likely N-dealkylation sites (tertiary alicyclic amines) is 1. The van der Waals surface area contributed by atoms with Gasteiger partial charge in [-0.05, 0) is 61.6 Å². The number of amides is 1. The Kier molecular flexibility index (Phi) is 9.66. The van der Waals surface area contributed by atoms with Crippen molar-refractivity contribution in [1.82, 2.24) is 20.2 Å². The maximum absolute atomic E-state index is 12.4. The molecule has 0 bridgehead atoms.